The number of aromatic nitrogens is 1. The first kappa shape index (κ1) is 14.0. The number of non-ortho nitro benzene ring substituents is 1. The molecule has 6 nitrogen and oxygen atoms in total. The Morgan fingerprint density at radius 3 is 2.90 bits per heavy atom. The number of aryl methyl sites for hydroxylation is 1. The fourth-order valence-corrected chi connectivity index (χ4v) is 2.67. The van der Waals surface area contributed by atoms with E-state index in [0.29, 0.717) is 6.61 Å². The summed E-state index contributed by atoms with van der Waals surface area (Å²) in [5, 5.41) is 11.9. The fraction of sp³-hybridized carbons (Fsp3) is 0.467. The molecule has 0 amide bonds. The first-order chi connectivity index (χ1) is 9.94. The minimum absolute atomic E-state index is 0.0659. The standard InChI is InChI=1S/C15H18N2O4/c1-15(2)20-10-13(21-15)6-8-16-7-5-11-3-4-12(17(18)19)9-14(11)16/h3-5,7,9,13H,6,8,10H2,1-2H3/t13-/m0/s1. The van der Waals surface area contributed by atoms with Crippen molar-refractivity contribution in [3.05, 3.63) is 40.6 Å². The summed E-state index contributed by atoms with van der Waals surface area (Å²) in [6.07, 6.45) is 2.83. The molecule has 1 saturated heterocycles. The lowest BCUT2D eigenvalue weighted by molar-refractivity contribution is -0.384. The molecule has 0 unspecified atom stereocenters. The van der Waals surface area contributed by atoms with Gasteiger partial charge in [0, 0.05) is 30.3 Å². The van der Waals surface area contributed by atoms with Crippen LogP contribution < -0.4 is 0 Å². The highest BCUT2D eigenvalue weighted by Gasteiger charge is 2.32. The molecule has 112 valence electrons. The molecule has 1 aliphatic heterocycles. The van der Waals surface area contributed by atoms with Crippen LogP contribution in [-0.2, 0) is 16.0 Å². The maximum atomic E-state index is 10.9. The molecule has 3 rings (SSSR count). The molecule has 0 saturated carbocycles. The molecule has 0 N–H and O–H groups in total. The topological polar surface area (TPSA) is 66.5 Å². The first-order valence-electron chi connectivity index (χ1n) is 7.00. The van der Waals surface area contributed by atoms with Gasteiger partial charge >= 0.3 is 0 Å². The Bertz CT molecular complexity index is 677. The van der Waals surface area contributed by atoms with Gasteiger partial charge in [-0.15, -0.1) is 0 Å². The van der Waals surface area contributed by atoms with E-state index in [-0.39, 0.29) is 16.7 Å². The number of rotatable bonds is 4. The summed E-state index contributed by atoms with van der Waals surface area (Å²) in [7, 11) is 0. The summed E-state index contributed by atoms with van der Waals surface area (Å²) >= 11 is 0. The van der Waals surface area contributed by atoms with Crippen LogP contribution in [0.1, 0.15) is 20.3 Å². The minimum atomic E-state index is -0.512. The molecular formula is C15H18N2O4. The van der Waals surface area contributed by atoms with E-state index >= 15 is 0 Å². The number of hydrogen-bond donors (Lipinski definition) is 0. The molecule has 1 atom stereocenters. The van der Waals surface area contributed by atoms with Gasteiger partial charge in [0.05, 0.1) is 23.2 Å². The largest absolute Gasteiger partial charge is 0.348 e. The molecule has 0 bridgehead atoms. The first-order valence-corrected chi connectivity index (χ1v) is 7.00. The molecule has 0 radical (unpaired) electrons. The van der Waals surface area contributed by atoms with E-state index < -0.39 is 5.79 Å². The second kappa shape index (κ2) is 5.13. The molecule has 21 heavy (non-hydrogen) atoms. The highest BCUT2D eigenvalue weighted by molar-refractivity contribution is 5.82. The second-order valence-corrected chi connectivity index (χ2v) is 5.75. The third-order valence-corrected chi connectivity index (χ3v) is 3.73. The van der Waals surface area contributed by atoms with Crippen LogP contribution in [-0.4, -0.2) is 28.0 Å². The minimum Gasteiger partial charge on any atom is -0.348 e. The third-order valence-electron chi connectivity index (χ3n) is 3.73. The third kappa shape index (κ3) is 2.91. The second-order valence-electron chi connectivity index (χ2n) is 5.75. The Morgan fingerprint density at radius 2 is 2.24 bits per heavy atom. The summed E-state index contributed by atoms with van der Waals surface area (Å²) in [4.78, 5) is 10.5. The van der Waals surface area contributed by atoms with E-state index in [0.717, 1.165) is 23.9 Å². The van der Waals surface area contributed by atoms with Crippen molar-refractivity contribution in [2.24, 2.45) is 0 Å². The van der Waals surface area contributed by atoms with E-state index in [1.54, 1.807) is 12.1 Å². The van der Waals surface area contributed by atoms with Crippen molar-refractivity contribution in [3.8, 4) is 0 Å². The fourth-order valence-electron chi connectivity index (χ4n) is 2.67. The predicted molar refractivity (Wildman–Crippen MR) is 78.1 cm³/mol. The van der Waals surface area contributed by atoms with Crippen LogP contribution >= 0.6 is 0 Å². The van der Waals surface area contributed by atoms with Gasteiger partial charge in [0.15, 0.2) is 5.79 Å². The van der Waals surface area contributed by atoms with E-state index in [4.69, 9.17) is 9.47 Å². The van der Waals surface area contributed by atoms with E-state index in [9.17, 15) is 10.1 Å². The molecule has 6 heteroatoms. The van der Waals surface area contributed by atoms with Gasteiger partial charge in [0.25, 0.3) is 5.69 Å². The molecule has 1 aromatic carbocycles. The lowest BCUT2D eigenvalue weighted by atomic mass is 10.2. The van der Waals surface area contributed by atoms with Crippen LogP contribution in [0.5, 0.6) is 0 Å². The van der Waals surface area contributed by atoms with E-state index in [1.165, 1.54) is 6.07 Å². The molecule has 0 aliphatic carbocycles. The number of nitro groups is 1. The summed E-state index contributed by atoms with van der Waals surface area (Å²) in [6.45, 7) is 5.14. The lowest BCUT2D eigenvalue weighted by Gasteiger charge is -2.17. The van der Waals surface area contributed by atoms with E-state index in [1.807, 2.05) is 30.7 Å². The summed E-state index contributed by atoms with van der Waals surface area (Å²) in [5.74, 6) is -0.512. The number of ether oxygens (including phenoxy) is 2. The zero-order valence-corrected chi connectivity index (χ0v) is 12.1. The molecular weight excluding hydrogens is 272 g/mol. The van der Waals surface area contributed by atoms with Crippen LogP contribution in [0.3, 0.4) is 0 Å². The zero-order chi connectivity index (χ0) is 15.0. The van der Waals surface area contributed by atoms with Crippen molar-refractivity contribution < 1.29 is 14.4 Å². The summed E-state index contributed by atoms with van der Waals surface area (Å²) in [5.41, 5.74) is 0.992. The van der Waals surface area contributed by atoms with Crippen molar-refractivity contribution in [1.29, 1.82) is 0 Å². The molecule has 0 spiro atoms. The zero-order valence-electron chi connectivity index (χ0n) is 12.1. The van der Waals surface area contributed by atoms with Gasteiger partial charge in [-0.3, -0.25) is 10.1 Å². The van der Waals surface area contributed by atoms with Gasteiger partial charge in [-0.25, -0.2) is 0 Å². The lowest BCUT2D eigenvalue weighted by Crippen LogP contribution is -2.22. The van der Waals surface area contributed by atoms with Gasteiger partial charge in [-0.2, -0.15) is 0 Å². The normalized spacial score (nSPS) is 21.0. The highest BCUT2D eigenvalue weighted by atomic mass is 16.7. The Labute approximate surface area is 122 Å². The highest BCUT2D eigenvalue weighted by Crippen LogP contribution is 2.26. The van der Waals surface area contributed by atoms with Crippen LogP contribution in [0, 0.1) is 10.1 Å². The van der Waals surface area contributed by atoms with Crippen molar-refractivity contribution in [3.63, 3.8) is 0 Å². The summed E-state index contributed by atoms with van der Waals surface area (Å²) in [6, 6.07) is 6.89. The van der Waals surface area contributed by atoms with Gasteiger partial charge in [0.2, 0.25) is 0 Å². The van der Waals surface area contributed by atoms with Crippen molar-refractivity contribution >= 4 is 16.6 Å². The molecule has 1 fully saturated rings. The average molecular weight is 290 g/mol. The summed E-state index contributed by atoms with van der Waals surface area (Å²) < 4.78 is 13.3. The average Bonchev–Trinajstić information content (AvgIpc) is 2.98. The SMILES string of the molecule is CC1(C)OC[C@H](CCn2ccc3ccc([N+](=O)[O-])cc32)O1. The van der Waals surface area contributed by atoms with Gasteiger partial charge in [-0.05, 0) is 32.4 Å². The smallest absolute Gasteiger partial charge is 0.271 e. The van der Waals surface area contributed by atoms with Gasteiger partial charge in [-0.1, -0.05) is 0 Å². The molecule has 2 aromatic rings. The Hall–Kier alpha value is -1.92. The predicted octanol–water partition coefficient (Wildman–Crippen LogP) is 3.09. The number of nitrogens with zero attached hydrogens (tertiary/aromatic N) is 2. The quantitative estimate of drug-likeness (QED) is 0.641. The van der Waals surface area contributed by atoms with Crippen LogP contribution in [0.2, 0.25) is 0 Å². The number of hydrogen-bond acceptors (Lipinski definition) is 4. The monoisotopic (exact) mass is 290 g/mol. The van der Waals surface area contributed by atoms with Gasteiger partial charge < -0.3 is 14.0 Å². The Kier molecular flexibility index (Phi) is 3.43. The van der Waals surface area contributed by atoms with Gasteiger partial charge in [0.1, 0.15) is 0 Å². The maximum absolute atomic E-state index is 10.9. The number of nitro benzene ring substituents is 1. The number of benzene rings is 1. The molecule has 2 heterocycles. The van der Waals surface area contributed by atoms with Crippen molar-refractivity contribution in [2.45, 2.75) is 38.7 Å². The van der Waals surface area contributed by atoms with Crippen molar-refractivity contribution in [2.75, 3.05) is 6.61 Å². The Balaban J connectivity index is 1.75. The maximum Gasteiger partial charge on any atom is 0.271 e. The van der Waals surface area contributed by atoms with Crippen molar-refractivity contribution in [1.82, 2.24) is 4.57 Å². The van der Waals surface area contributed by atoms with Crippen LogP contribution in [0.15, 0.2) is 30.5 Å². The molecule has 1 aliphatic rings. The van der Waals surface area contributed by atoms with E-state index in [2.05, 4.69) is 0 Å². The molecule has 1 aromatic heterocycles. The number of fused-ring (bicyclic) bond motifs is 1. The van der Waals surface area contributed by atoms with Crippen LogP contribution in [0.25, 0.3) is 10.9 Å². The van der Waals surface area contributed by atoms with Crippen LogP contribution in [0.4, 0.5) is 5.69 Å². The Morgan fingerprint density at radius 1 is 1.43 bits per heavy atom.